The van der Waals surface area contributed by atoms with Crippen LogP contribution in [0.1, 0.15) is 44.5 Å². The van der Waals surface area contributed by atoms with Gasteiger partial charge in [0.15, 0.2) is 0 Å². The fourth-order valence-electron chi connectivity index (χ4n) is 1.91. The first-order valence-corrected chi connectivity index (χ1v) is 6.67. The van der Waals surface area contributed by atoms with E-state index in [0.29, 0.717) is 29.5 Å². The second kappa shape index (κ2) is 7.02. The summed E-state index contributed by atoms with van der Waals surface area (Å²) in [7, 11) is 0. The number of nitrogens with two attached hydrogens (primary N) is 1. The highest BCUT2D eigenvalue weighted by Gasteiger charge is 2.13. The van der Waals surface area contributed by atoms with E-state index in [4.69, 9.17) is 15.2 Å². The van der Waals surface area contributed by atoms with E-state index in [-0.39, 0.29) is 12.1 Å². The Morgan fingerprint density at radius 3 is 2.58 bits per heavy atom. The quantitative estimate of drug-likeness (QED) is 0.633. The Balaban J connectivity index is 2.82. The lowest BCUT2D eigenvalue weighted by Crippen LogP contribution is -2.16. The molecule has 0 spiro atoms. The van der Waals surface area contributed by atoms with Crippen molar-refractivity contribution in [1.29, 1.82) is 0 Å². The van der Waals surface area contributed by atoms with Crippen molar-refractivity contribution >= 4 is 11.7 Å². The number of rotatable bonds is 6. The zero-order chi connectivity index (χ0) is 14.4. The number of hydrogen-bond acceptors (Lipinski definition) is 4. The summed E-state index contributed by atoms with van der Waals surface area (Å²) in [4.78, 5) is 11.7. The summed E-state index contributed by atoms with van der Waals surface area (Å²) >= 11 is 0. The SMILES string of the molecule is CCOC(=O)c1ccc(N)c(OC(C)CC(C)C)c1. The molecule has 0 amide bonds. The van der Waals surface area contributed by atoms with Crippen LogP contribution in [0, 0.1) is 5.92 Å². The fraction of sp³-hybridized carbons (Fsp3) is 0.533. The Kier molecular flexibility index (Phi) is 5.67. The molecule has 1 aromatic rings. The van der Waals surface area contributed by atoms with Gasteiger partial charge in [-0.05, 0) is 44.4 Å². The normalized spacial score (nSPS) is 12.3. The molecule has 1 atom stereocenters. The van der Waals surface area contributed by atoms with Gasteiger partial charge >= 0.3 is 5.97 Å². The van der Waals surface area contributed by atoms with Crippen LogP contribution in [-0.4, -0.2) is 18.7 Å². The Hall–Kier alpha value is -1.71. The van der Waals surface area contributed by atoms with Crippen LogP contribution >= 0.6 is 0 Å². The Morgan fingerprint density at radius 2 is 2.00 bits per heavy atom. The molecule has 0 fully saturated rings. The van der Waals surface area contributed by atoms with Gasteiger partial charge in [-0.2, -0.15) is 0 Å². The van der Waals surface area contributed by atoms with Gasteiger partial charge in [0, 0.05) is 0 Å². The van der Waals surface area contributed by atoms with Crippen molar-refractivity contribution in [3.63, 3.8) is 0 Å². The molecule has 1 aromatic carbocycles. The van der Waals surface area contributed by atoms with Crippen LogP contribution in [0.5, 0.6) is 5.75 Å². The fourth-order valence-corrected chi connectivity index (χ4v) is 1.91. The summed E-state index contributed by atoms with van der Waals surface area (Å²) in [6.07, 6.45) is 0.989. The molecule has 0 saturated heterocycles. The number of hydrogen-bond donors (Lipinski definition) is 1. The summed E-state index contributed by atoms with van der Waals surface area (Å²) in [5.41, 5.74) is 6.86. The van der Waals surface area contributed by atoms with E-state index < -0.39 is 0 Å². The number of anilines is 1. The average molecular weight is 265 g/mol. The zero-order valence-electron chi connectivity index (χ0n) is 12.1. The van der Waals surface area contributed by atoms with Crippen molar-refractivity contribution in [2.75, 3.05) is 12.3 Å². The maximum absolute atomic E-state index is 11.7. The van der Waals surface area contributed by atoms with E-state index in [9.17, 15) is 4.79 Å². The lowest BCUT2D eigenvalue weighted by atomic mass is 10.1. The van der Waals surface area contributed by atoms with E-state index in [1.165, 1.54) is 0 Å². The van der Waals surface area contributed by atoms with Crippen molar-refractivity contribution in [3.05, 3.63) is 23.8 Å². The minimum atomic E-state index is -0.358. The molecule has 4 heteroatoms. The molecule has 0 aromatic heterocycles. The molecule has 1 rings (SSSR count). The maximum Gasteiger partial charge on any atom is 0.338 e. The molecule has 0 heterocycles. The molecule has 2 N–H and O–H groups in total. The van der Waals surface area contributed by atoms with E-state index in [2.05, 4.69) is 13.8 Å². The number of nitrogen functional groups attached to an aromatic ring is 1. The predicted molar refractivity (Wildman–Crippen MR) is 76.4 cm³/mol. The van der Waals surface area contributed by atoms with Crippen LogP contribution in [0.4, 0.5) is 5.69 Å². The topological polar surface area (TPSA) is 61.5 Å². The summed E-state index contributed by atoms with van der Waals surface area (Å²) in [5, 5.41) is 0. The first-order valence-electron chi connectivity index (χ1n) is 6.67. The number of benzene rings is 1. The average Bonchev–Trinajstić information content (AvgIpc) is 2.31. The molecule has 19 heavy (non-hydrogen) atoms. The predicted octanol–water partition coefficient (Wildman–Crippen LogP) is 3.26. The summed E-state index contributed by atoms with van der Waals surface area (Å²) in [6.45, 7) is 8.40. The van der Waals surface area contributed by atoms with Gasteiger partial charge in [0.05, 0.1) is 24.0 Å². The van der Waals surface area contributed by atoms with Crippen molar-refractivity contribution < 1.29 is 14.3 Å². The summed E-state index contributed by atoms with van der Waals surface area (Å²) in [6, 6.07) is 4.96. The first kappa shape index (κ1) is 15.3. The summed E-state index contributed by atoms with van der Waals surface area (Å²) in [5.74, 6) is 0.729. The van der Waals surface area contributed by atoms with Crippen LogP contribution in [0.2, 0.25) is 0 Å². The molecule has 4 nitrogen and oxygen atoms in total. The van der Waals surface area contributed by atoms with Gasteiger partial charge in [0.25, 0.3) is 0 Å². The van der Waals surface area contributed by atoms with Gasteiger partial charge in [0.2, 0.25) is 0 Å². The third-order valence-electron chi connectivity index (χ3n) is 2.66. The highest BCUT2D eigenvalue weighted by molar-refractivity contribution is 5.90. The molecular weight excluding hydrogens is 242 g/mol. The second-order valence-corrected chi connectivity index (χ2v) is 5.03. The highest BCUT2D eigenvalue weighted by atomic mass is 16.5. The van der Waals surface area contributed by atoms with E-state index >= 15 is 0 Å². The molecule has 0 aliphatic heterocycles. The highest BCUT2D eigenvalue weighted by Crippen LogP contribution is 2.25. The van der Waals surface area contributed by atoms with Gasteiger partial charge in [-0.1, -0.05) is 13.8 Å². The first-order chi connectivity index (χ1) is 8.93. The largest absolute Gasteiger partial charge is 0.489 e. The number of carbonyl (C=O) groups excluding carboxylic acids is 1. The molecule has 1 unspecified atom stereocenters. The monoisotopic (exact) mass is 265 g/mol. The van der Waals surface area contributed by atoms with Gasteiger partial charge < -0.3 is 15.2 Å². The van der Waals surface area contributed by atoms with Crippen LogP contribution in [0.25, 0.3) is 0 Å². The van der Waals surface area contributed by atoms with Gasteiger partial charge in [-0.15, -0.1) is 0 Å². The minimum absolute atomic E-state index is 0.0553. The molecule has 0 bridgehead atoms. The molecule has 0 aliphatic rings. The minimum Gasteiger partial charge on any atom is -0.489 e. The van der Waals surface area contributed by atoms with E-state index in [1.807, 2.05) is 6.92 Å². The van der Waals surface area contributed by atoms with Crippen molar-refractivity contribution in [2.45, 2.75) is 40.2 Å². The Bertz CT molecular complexity index is 429. The Labute approximate surface area is 114 Å². The third-order valence-corrected chi connectivity index (χ3v) is 2.66. The van der Waals surface area contributed by atoms with Gasteiger partial charge in [-0.3, -0.25) is 0 Å². The standard InChI is InChI=1S/C15H23NO3/c1-5-18-15(17)12-6-7-13(16)14(9-12)19-11(4)8-10(2)3/h6-7,9-11H,5,8,16H2,1-4H3. The van der Waals surface area contributed by atoms with Crippen LogP contribution < -0.4 is 10.5 Å². The zero-order valence-corrected chi connectivity index (χ0v) is 12.1. The molecule has 106 valence electrons. The van der Waals surface area contributed by atoms with Crippen molar-refractivity contribution in [3.8, 4) is 5.75 Å². The van der Waals surface area contributed by atoms with E-state index in [0.717, 1.165) is 6.42 Å². The third kappa shape index (κ3) is 4.81. The number of esters is 1. The smallest absolute Gasteiger partial charge is 0.338 e. The molecule has 0 aliphatic carbocycles. The van der Waals surface area contributed by atoms with Gasteiger partial charge in [0.1, 0.15) is 5.75 Å². The lowest BCUT2D eigenvalue weighted by molar-refractivity contribution is 0.0525. The summed E-state index contributed by atoms with van der Waals surface area (Å²) < 4.78 is 10.7. The van der Waals surface area contributed by atoms with Crippen LogP contribution in [0.3, 0.4) is 0 Å². The van der Waals surface area contributed by atoms with Gasteiger partial charge in [-0.25, -0.2) is 4.79 Å². The Morgan fingerprint density at radius 1 is 1.32 bits per heavy atom. The number of ether oxygens (including phenoxy) is 2. The van der Waals surface area contributed by atoms with E-state index in [1.54, 1.807) is 25.1 Å². The van der Waals surface area contributed by atoms with Crippen molar-refractivity contribution in [1.82, 2.24) is 0 Å². The van der Waals surface area contributed by atoms with Crippen LogP contribution in [0.15, 0.2) is 18.2 Å². The van der Waals surface area contributed by atoms with Crippen LogP contribution in [-0.2, 0) is 4.74 Å². The second-order valence-electron chi connectivity index (χ2n) is 5.03. The molecule has 0 radical (unpaired) electrons. The molecular formula is C15H23NO3. The van der Waals surface area contributed by atoms with Crippen molar-refractivity contribution in [2.24, 2.45) is 5.92 Å². The number of carbonyl (C=O) groups is 1. The molecule has 0 saturated carbocycles. The lowest BCUT2D eigenvalue weighted by Gasteiger charge is -2.18. The maximum atomic E-state index is 11.7.